The Bertz CT molecular complexity index is 1150. The molecule has 2 aromatic rings. The monoisotopic (exact) mass is 524 g/mol. The molecule has 0 aromatic heterocycles. The maximum atomic E-state index is 13.8. The number of halogens is 4. The molecule has 0 aliphatic carbocycles. The number of benzene rings is 2. The van der Waals surface area contributed by atoms with Gasteiger partial charge in [-0.1, -0.05) is 24.6 Å². The summed E-state index contributed by atoms with van der Waals surface area (Å²) in [4.78, 5) is 51.2. The minimum atomic E-state index is -1.87. The summed E-state index contributed by atoms with van der Waals surface area (Å²) in [5.74, 6) is -13.0. The molecule has 1 heterocycles. The molecule has 0 bridgehead atoms. The van der Waals surface area contributed by atoms with Crippen LogP contribution in [0.15, 0.2) is 36.4 Å². The summed E-state index contributed by atoms with van der Waals surface area (Å²) in [6.07, 6.45) is 0.722. The Labute approximate surface area is 209 Å². The van der Waals surface area contributed by atoms with Crippen LogP contribution in [-0.4, -0.2) is 59.3 Å². The quantitative estimate of drug-likeness (QED) is 0.385. The molecule has 2 N–H and O–H groups in total. The lowest BCUT2D eigenvalue weighted by Gasteiger charge is -2.25. The van der Waals surface area contributed by atoms with E-state index in [1.165, 1.54) is 4.90 Å². The van der Waals surface area contributed by atoms with Gasteiger partial charge < -0.3 is 20.1 Å². The number of carbonyl (C=O) groups is 4. The number of Topliss-reactive ketones (excluding diaryl/α,β-unsaturated/α-hetero) is 1. The number of amides is 2. The summed E-state index contributed by atoms with van der Waals surface area (Å²) in [6.45, 7) is -0.731. The Morgan fingerprint density at radius 2 is 1.68 bits per heavy atom. The highest BCUT2D eigenvalue weighted by atomic mass is 19.2. The van der Waals surface area contributed by atoms with Crippen LogP contribution >= 0.6 is 0 Å². The van der Waals surface area contributed by atoms with Crippen LogP contribution in [-0.2, 0) is 14.4 Å². The Kier molecular flexibility index (Phi) is 9.20. The second-order valence-corrected chi connectivity index (χ2v) is 8.52. The molecule has 0 saturated carbocycles. The number of nitrogens with zero attached hydrogens (tertiary/aromatic N) is 1. The zero-order valence-corrected chi connectivity index (χ0v) is 19.5. The lowest BCUT2D eigenvalue weighted by molar-refractivity contribution is -0.141. The van der Waals surface area contributed by atoms with E-state index in [1.807, 2.05) is 0 Å². The minimum Gasteiger partial charge on any atom is -0.481 e. The summed E-state index contributed by atoms with van der Waals surface area (Å²) >= 11 is 0. The highest BCUT2D eigenvalue weighted by Gasteiger charge is 2.32. The third kappa shape index (κ3) is 7.05. The molecule has 1 aliphatic rings. The van der Waals surface area contributed by atoms with Crippen LogP contribution in [0, 0.1) is 29.2 Å². The van der Waals surface area contributed by atoms with Crippen LogP contribution < -0.4 is 10.1 Å². The first-order valence-corrected chi connectivity index (χ1v) is 11.4. The van der Waals surface area contributed by atoms with Crippen molar-refractivity contribution in [2.45, 2.75) is 31.7 Å². The van der Waals surface area contributed by atoms with Crippen LogP contribution in [0.5, 0.6) is 5.75 Å². The van der Waals surface area contributed by atoms with Gasteiger partial charge in [-0.05, 0) is 25.0 Å². The molecule has 2 aromatic carbocycles. The molecule has 0 spiro atoms. The van der Waals surface area contributed by atoms with Gasteiger partial charge in [0.05, 0.1) is 12.3 Å². The van der Waals surface area contributed by atoms with Crippen LogP contribution in [0.4, 0.5) is 17.6 Å². The first-order chi connectivity index (χ1) is 17.6. The van der Waals surface area contributed by atoms with Crippen molar-refractivity contribution in [2.24, 2.45) is 5.92 Å². The highest BCUT2D eigenvalue weighted by molar-refractivity contribution is 5.95. The summed E-state index contributed by atoms with van der Waals surface area (Å²) < 4.78 is 59.0. The van der Waals surface area contributed by atoms with E-state index in [4.69, 9.17) is 0 Å². The van der Waals surface area contributed by atoms with Crippen LogP contribution in [0.3, 0.4) is 0 Å². The summed E-state index contributed by atoms with van der Waals surface area (Å²) in [5, 5.41) is 11.5. The van der Waals surface area contributed by atoms with E-state index < -0.39 is 71.7 Å². The van der Waals surface area contributed by atoms with Crippen LogP contribution in [0.2, 0.25) is 0 Å². The van der Waals surface area contributed by atoms with E-state index in [2.05, 4.69) is 10.1 Å². The highest BCUT2D eigenvalue weighted by Crippen LogP contribution is 2.26. The first-order valence-electron chi connectivity index (χ1n) is 11.4. The van der Waals surface area contributed by atoms with Gasteiger partial charge in [-0.25, -0.2) is 8.78 Å². The third-order valence-corrected chi connectivity index (χ3v) is 5.86. The zero-order chi connectivity index (χ0) is 27.1. The zero-order valence-electron chi connectivity index (χ0n) is 19.5. The van der Waals surface area contributed by atoms with Crippen LogP contribution in [0.1, 0.15) is 36.0 Å². The average molecular weight is 524 g/mol. The molecule has 1 fully saturated rings. The molecule has 0 radical (unpaired) electrons. The van der Waals surface area contributed by atoms with Gasteiger partial charge in [0.2, 0.25) is 17.5 Å². The molecule has 8 nitrogen and oxygen atoms in total. The van der Waals surface area contributed by atoms with Crippen LogP contribution in [0.25, 0.3) is 0 Å². The van der Waals surface area contributed by atoms with E-state index >= 15 is 0 Å². The Morgan fingerprint density at radius 1 is 1.03 bits per heavy atom. The van der Waals surface area contributed by atoms with Crippen molar-refractivity contribution in [3.05, 3.63) is 65.2 Å². The number of carbonyl (C=O) groups excluding carboxylic acids is 3. The van der Waals surface area contributed by atoms with Crippen molar-refractivity contribution in [1.82, 2.24) is 10.2 Å². The van der Waals surface area contributed by atoms with Gasteiger partial charge in [0.15, 0.2) is 23.2 Å². The molecule has 2 atom stereocenters. The molecule has 198 valence electrons. The second-order valence-electron chi connectivity index (χ2n) is 8.52. The smallest absolute Gasteiger partial charge is 0.305 e. The maximum Gasteiger partial charge on any atom is 0.305 e. The molecular weight excluding hydrogens is 500 g/mol. The maximum absolute atomic E-state index is 13.8. The van der Waals surface area contributed by atoms with E-state index in [-0.39, 0.29) is 18.5 Å². The van der Waals surface area contributed by atoms with E-state index in [1.54, 1.807) is 30.3 Å². The third-order valence-electron chi connectivity index (χ3n) is 5.86. The SMILES string of the molecule is O=C(O)C[C@H](NC(=O)C1CCCCN(C(=O)c2ccccc2)C1)C(=O)COc1c(F)c(F)cc(F)c1F. The van der Waals surface area contributed by atoms with E-state index in [0.717, 1.165) is 0 Å². The van der Waals surface area contributed by atoms with Gasteiger partial charge in [0.25, 0.3) is 5.91 Å². The summed E-state index contributed by atoms with van der Waals surface area (Å²) in [6, 6.07) is 6.75. The van der Waals surface area contributed by atoms with Gasteiger partial charge in [0.1, 0.15) is 12.6 Å². The van der Waals surface area contributed by atoms with Crippen molar-refractivity contribution in [1.29, 1.82) is 0 Å². The van der Waals surface area contributed by atoms with E-state index in [0.29, 0.717) is 31.4 Å². The molecule has 1 saturated heterocycles. The van der Waals surface area contributed by atoms with Crippen molar-refractivity contribution < 1.29 is 46.6 Å². The van der Waals surface area contributed by atoms with Gasteiger partial charge in [0, 0.05) is 24.7 Å². The lowest BCUT2D eigenvalue weighted by Crippen LogP contribution is -2.48. The number of carboxylic acids is 1. The van der Waals surface area contributed by atoms with Crippen molar-refractivity contribution in [3.8, 4) is 5.75 Å². The standard InChI is InChI=1S/C25H24F4N2O6/c26-16-10-17(27)22(29)23(21(16)28)37-13-19(32)18(11-20(33)34)30-24(35)15-8-4-5-9-31(12-15)25(36)14-6-2-1-3-7-14/h1-3,6-7,10,15,18H,4-5,8-9,11-13H2,(H,30,35)(H,33,34)/t15?,18-/m0/s1. The number of aliphatic carboxylic acids is 1. The number of carboxylic acid groups (broad SMARTS) is 1. The number of hydrogen-bond acceptors (Lipinski definition) is 5. The van der Waals surface area contributed by atoms with Crippen molar-refractivity contribution in [3.63, 3.8) is 0 Å². The number of nitrogens with one attached hydrogen (secondary N) is 1. The number of rotatable bonds is 9. The molecular formula is C25H24F4N2O6. The fourth-order valence-electron chi connectivity index (χ4n) is 3.94. The van der Waals surface area contributed by atoms with E-state index in [9.17, 15) is 41.8 Å². The molecule has 1 aliphatic heterocycles. The Balaban J connectivity index is 1.69. The molecule has 3 rings (SSSR count). The number of ketones is 1. The van der Waals surface area contributed by atoms with Crippen molar-refractivity contribution >= 4 is 23.6 Å². The number of likely N-dealkylation sites (tertiary alicyclic amines) is 1. The summed E-state index contributed by atoms with van der Waals surface area (Å²) in [5.41, 5.74) is 0.438. The normalized spacial score (nSPS) is 16.4. The fraction of sp³-hybridized carbons (Fsp3) is 0.360. The van der Waals surface area contributed by atoms with Gasteiger partial charge in [-0.15, -0.1) is 0 Å². The average Bonchev–Trinajstić information content (AvgIpc) is 3.13. The van der Waals surface area contributed by atoms with Gasteiger partial charge in [-0.2, -0.15) is 8.78 Å². The molecule has 12 heteroatoms. The minimum absolute atomic E-state index is 0.0308. The fourth-order valence-corrected chi connectivity index (χ4v) is 3.94. The molecule has 37 heavy (non-hydrogen) atoms. The Hall–Kier alpha value is -3.96. The van der Waals surface area contributed by atoms with Gasteiger partial charge in [-0.3, -0.25) is 19.2 Å². The predicted octanol–water partition coefficient (Wildman–Crippen LogP) is 3.09. The predicted molar refractivity (Wildman–Crippen MR) is 121 cm³/mol. The largest absolute Gasteiger partial charge is 0.481 e. The second kappa shape index (κ2) is 12.3. The Morgan fingerprint density at radius 3 is 2.30 bits per heavy atom. The topological polar surface area (TPSA) is 113 Å². The van der Waals surface area contributed by atoms with Gasteiger partial charge >= 0.3 is 5.97 Å². The molecule has 2 amide bonds. The first kappa shape index (κ1) is 27.6. The summed E-state index contributed by atoms with van der Waals surface area (Å²) in [7, 11) is 0. The van der Waals surface area contributed by atoms with Crippen molar-refractivity contribution in [2.75, 3.05) is 19.7 Å². The lowest BCUT2D eigenvalue weighted by atomic mass is 10.0. The molecule has 1 unspecified atom stereocenters. The number of hydrogen-bond donors (Lipinski definition) is 2. The number of ether oxygens (including phenoxy) is 1.